The summed E-state index contributed by atoms with van der Waals surface area (Å²) in [5.41, 5.74) is 2.69. The zero-order chi connectivity index (χ0) is 27.9. The van der Waals surface area contributed by atoms with E-state index in [0.717, 1.165) is 42.8 Å². The van der Waals surface area contributed by atoms with E-state index >= 15 is 0 Å². The fourth-order valence-corrected chi connectivity index (χ4v) is 5.42. The second-order valence-corrected chi connectivity index (χ2v) is 10.3. The molecule has 0 aliphatic carbocycles. The van der Waals surface area contributed by atoms with Crippen molar-refractivity contribution in [1.82, 2.24) is 14.9 Å². The Labute approximate surface area is 225 Å². The molecule has 39 heavy (non-hydrogen) atoms. The third-order valence-corrected chi connectivity index (χ3v) is 7.57. The first-order valence-corrected chi connectivity index (χ1v) is 13.1. The van der Waals surface area contributed by atoms with Gasteiger partial charge in [-0.05, 0) is 62.9 Å². The van der Waals surface area contributed by atoms with Crippen LogP contribution in [0.15, 0.2) is 48.8 Å². The van der Waals surface area contributed by atoms with E-state index in [2.05, 4.69) is 27.1 Å². The number of benzene rings is 1. The van der Waals surface area contributed by atoms with Crippen molar-refractivity contribution >= 4 is 23.2 Å². The second kappa shape index (κ2) is 10.3. The lowest BCUT2D eigenvalue weighted by Gasteiger charge is -2.40. The van der Waals surface area contributed by atoms with E-state index in [-0.39, 0.29) is 17.5 Å². The quantitative estimate of drug-likeness (QED) is 0.455. The largest absolute Gasteiger partial charge is 0.416 e. The van der Waals surface area contributed by atoms with Crippen LogP contribution in [0.25, 0.3) is 11.1 Å². The number of halogens is 3. The van der Waals surface area contributed by atoms with Crippen LogP contribution in [0.3, 0.4) is 0 Å². The van der Waals surface area contributed by atoms with Gasteiger partial charge in [0.2, 0.25) is 0 Å². The summed E-state index contributed by atoms with van der Waals surface area (Å²) in [4.78, 5) is 39.2. The van der Waals surface area contributed by atoms with Gasteiger partial charge in [-0.1, -0.05) is 13.0 Å². The molecule has 1 saturated heterocycles. The van der Waals surface area contributed by atoms with Crippen LogP contribution >= 0.6 is 0 Å². The minimum atomic E-state index is -4.55. The molecule has 4 heterocycles. The van der Waals surface area contributed by atoms with Crippen molar-refractivity contribution < 1.29 is 22.8 Å². The SMILES string of the molecule is CCN1CC2CC(C)CCN2c2cc(-c3cc(NC(=O)c4cccc(C(F)(F)F)c4)cnc3C)cnc2C1=O. The summed E-state index contributed by atoms with van der Waals surface area (Å²) < 4.78 is 39.3. The number of rotatable bonds is 4. The number of amides is 2. The van der Waals surface area contributed by atoms with Gasteiger partial charge >= 0.3 is 6.18 Å². The Morgan fingerprint density at radius 2 is 1.95 bits per heavy atom. The molecule has 1 N–H and O–H groups in total. The van der Waals surface area contributed by atoms with Gasteiger partial charge in [0.05, 0.1) is 23.1 Å². The topological polar surface area (TPSA) is 78.4 Å². The number of alkyl halides is 3. The summed E-state index contributed by atoms with van der Waals surface area (Å²) in [6.07, 6.45) is 0.573. The normalized spacial score (nSPS) is 19.3. The van der Waals surface area contributed by atoms with Crippen molar-refractivity contribution in [3.63, 3.8) is 0 Å². The van der Waals surface area contributed by atoms with Gasteiger partial charge < -0.3 is 15.1 Å². The van der Waals surface area contributed by atoms with Crippen LogP contribution < -0.4 is 10.2 Å². The van der Waals surface area contributed by atoms with Crippen LogP contribution in [0, 0.1) is 12.8 Å². The average Bonchev–Trinajstić information content (AvgIpc) is 3.02. The number of hydrogen-bond acceptors (Lipinski definition) is 5. The van der Waals surface area contributed by atoms with E-state index in [0.29, 0.717) is 41.6 Å². The van der Waals surface area contributed by atoms with E-state index in [1.807, 2.05) is 24.8 Å². The summed E-state index contributed by atoms with van der Waals surface area (Å²) in [7, 11) is 0. The maximum atomic E-state index is 13.3. The molecule has 2 unspecified atom stereocenters. The first kappa shape index (κ1) is 26.6. The smallest absolute Gasteiger partial charge is 0.365 e. The molecule has 2 amide bonds. The number of anilines is 2. The van der Waals surface area contributed by atoms with Gasteiger partial charge in [0.1, 0.15) is 0 Å². The van der Waals surface area contributed by atoms with Gasteiger partial charge in [-0.3, -0.25) is 14.6 Å². The number of nitrogens with zero attached hydrogens (tertiary/aromatic N) is 4. The lowest BCUT2D eigenvalue weighted by atomic mass is 9.91. The third-order valence-electron chi connectivity index (χ3n) is 7.57. The molecule has 1 fully saturated rings. The molecule has 2 aromatic heterocycles. The zero-order valence-corrected chi connectivity index (χ0v) is 22.0. The number of fused-ring (bicyclic) bond motifs is 3. The fraction of sp³-hybridized carbons (Fsp3) is 0.379. The lowest BCUT2D eigenvalue weighted by Crippen LogP contribution is -2.47. The highest BCUT2D eigenvalue weighted by molar-refractivity contribution is 6.04. The monoisotopic (exact) mass is 537 g/mol. The highest BCUT2D eigenvalue weighted by atomic mass is 19.4. The van der Waals surface area contributed by atoms with Crippen LogP contribution in [-0.4, -0.2) is 52.4 Å². The second-order valence-electron chi connectivity index (χ2n) is 10.3. The summed E-state index contributed by atoms with van der Waals surface area (Å²) in [5, 5.41) is 2.66. The average molecular weight is 538 g/mol. The molecular weight excluding hydrogens is 507 g/mol. The number of aryl methyl sites for hydroxylation is 1. The molecule has 3 aromatic rings. The van der Waals surface area contributed by atoms with Gasteiger partial charge in [-0.15, -0.1) is 0 Å². The Kier molecular flexibility index (Phi) is 7.05. The summed E-state index contributed by atoms with van der Waals surface area (Å²) >= 11 is 0. The van der Waals surface area contributed by atoms with Crippen LogP contribution in [-0.2, 0) is 6.18 Å². The summed E-state index contributed by atoms with van der Waals surface area (Å²) in [6, 6.07) is 8.16. The maximum absolute atomic E-state index is 13.3. The molecule has 2 aliphatic rings. The number of aromatic nitrogens is 2. The van der Waals surface area contributed by atoms with Crippen LogP contribution in [0.4, 0.5) is 24.5 Å². The molecule has 0 radical (unpaired) electrons. The van der Waals surface area contributed by atoms with Crippen molar-refractivity contribution in [3.8, 4) is 11.1 Å². The van der Waals surface area contributed by atoms with Gasteiger partial charge in [0.15, 0.2) is 5.69 Å². The predicted molar refractivity (Wildman–Crippen MR) is 143 cm³/mol. The highest BCUT2D eigenvalue weighted by Crippen LogP contribution is 2.37. The van der Waals surface area contributed by atoms with E-state index in [9.17, 15) is 22.8 Å². The van der Waals surface area contributed by atoms with Crippen molar-refractivity contribution in [2.75, 3.05) is 29.9 Å². The Balaban J connectivity index is 1.48. The Hall–Kier alpha value is -3.95. The third kappa shape index (κ3) is 5.32. The van der Waals surface area contributed by atoms with Gasteiger partial charge in [0, 0.05) is 54.3 Å². The Bertz CT molecular complexity index is 1420. The van der Waals surface area contributed by atoms with E-state index in [1.54, 1.807) is 12.3 Å². The van der Waals surface area contributed by atoms with E-state index in [1.165, 1.54) is 18.3 Å². The molecule has 0 saturated carbocycles. The minimum Gasteiger partial charge on any atom is -0.365 e. The summed E-state index contributed by atoms with van der Waals surface area (Å²) in [6.45, 7) is 8.14. The number of likely N-dealkylation sites (N-methyl/N-ethyl adjacent to an activating group) is 1. The molecular formula is C29H30F3N5O2. The zero-order valence-electron chi connectivity index (χ0n) is 22.0. The van der Waals surface area contributed by atoms with Gasteiger partial charge in [-0.25, -0.2) is 4.98 Å². The minimum absolute atomic E-state index is 0.0851. The Morgan fingerprint density at radius 3 is 2.69 bits per heavy atom. The molecule has 10 heteroatoms. The van der Waals surface area contributed by atoms with Gasteiger partial charge in [0.25, 0.3) is 11.8 Å². The molecule has 2 aliphatic heterocycles. The number of nitrogens with one attached hydrogen (secondary N) is 1. The van der Waals surface area contributed by atoms with Crippen molar-refractivity contribution in [2.24, 2.45) is 5.92 Å². The van der Waals surface area contributed by atoms with Crippen molar-refractivity contribution in [1.29, 1.82) is 0 Å². The molecule has 0 spiro atoms. The number of piperidine rings is 1. The first-order chi connectivity index (χ1) is 18.5. The predicted octanol–water partition coefficient (Wildman–Crippen LogP) is 5.80. The summed E-state index contributed by atoms with van der Waals surface area (Å²) in [5.74, 6) is -0.187. The fourth-order valence-electron chi connectivity index (χ4n) is 5.42. The molecule has 7 nitrogen and oxygen atoms in total. The Morgan fingerprint density at radius 1 is 1.15 bits per heavy atom. The maximum Gasteiger partial charge on any atom is 0.416 e. The van der Waals surface area contributed by atoms with Crippen LogP contribution in [0.2, 0.25) is 0 Å². The van der Waals surface area contributed by atoms with Crippen molar-refractivity contribution in [2.45, 2.75) is 45.8 Å². The highest BCUT2D eigenvalue weighted by Gasteiger charge is 2.36. The standard InChI is InChI=1S/C29H30F3N5O2/c1-4-36-16-23-10-17(2)8-9-37(23)25-12-20(14-34-26(25)28(36)39)24-13-22(15-33-18(24)3)35-27(38)19-6-5-7-21(11-19)29(30,31)32/h5-7,11-15,17,23H,4,8-10,16H2,1-3H3,(H,35,38). The van der Waals surface area contributed by atoms with Crippen molar-refractivity contribution in [3.05, 3.63) is 71.3 Å². The van der Waals surface area contributed by atoms with Gasteiger partial charge in [-0.2, -0.15) is 13.2 Å². The molecule has 0 bridgehead atoms. The van der Waals surface area contributed by atoms with E-state index < -0.39 is 17.6 Å². The number of pyridine rings is 2. The molecule has 5 rings (SSSR count). The number of carbonyl (C=O) groups excluding carboxylic acids is 2. The molecule has 204 valence electrons. The van der Waals surface area contributed by atoms with E-state index in [4.69, 9.17) is 0 Å². The molecule has 2 atom stereocenters. The lowest BCUT2D eigenvalue weighted by molar-refractivity contribution is -0.137. The molecule has 1 aromatic carbocycles. The number of carbonyl (C=O) groups is 2. The number of hydrogen-bond donors (Lipinski definition) is 1. The first-order valence-electron chi connectivity index (χ1n) is 13.1. The van der Waals surface area contributed by atoms with Crippen LogP contribution in [0.1, 0.15) is 58.8 Å². The van der Waals surface area contributed by atoms with Crippen LogP contribution in [0.5, 0.6) is 0 Å².